The topological polar surface area (TPSA) is 117 Å². The van der Waals surface area contributed by atoms with Crippen LogP contribution >= 0.6 is 0 Å². The Morgan fingerprint density at radius 3 is 2.53 bits per heavy atom. The van der Waals surface area contributed by atoms with Crippen molar-refractivity contribution in [3.63, 3.8) is 0 Å². The number of para-hydroxylation sites is 1. The molecule has 4 rings (SSSR count). The van der Waals surface area contributed by atoms with Gasteiger partial charge in [0.1, 0.15) is 11.5 Å². The summed E-state index contributed by atoms with van der Waals surface area (Å²) in [5.74, 6) is -0.0402. The first kappa shape index (κ1) is 26.0. The van der Waals surface area contributed by atoms with E-state index in [9.17, 15) is 4.79 Å². The van der Waals surface area contributed by atoms with Gasteiger partial charge in [-0.15, -0.1) is 0 Å². The maximum absolute atomic E-state index is 13.0. The lowest BCUT2D eigenvalue weighted by atomic mass is 10.0. The Bertz CT molecular complexity index is 1240. The van der Waals surface area contributed by atoms with Crippen LogP contribution in [0.5, 0.6) is 0 Å². The SMILES string of the molecule is COCC1CCC(COC)N1C(C)CCCc1cccc2nc(-c3cccc(C(=N)N)c3)c(=O)[nH]c12. The largest absolute Gasteiger partial charge is 0.384 e. The average Bonchev–Trinajstić information content (AvgIpc) is 3.26. The van der Waals surface area contributed by atoms with Crippen LogP contribution in [0.4, 0.5) is 0 Å². The highest BCUT2D eigenvalue weighted by Gasteiger charge is 2.36. The lowest BCUT2D eigenvalue weighted by Gasteiger charge is -2.35. The van der Waals surface area contributed by atoms with Crippen LogP contribution in [0.1, 0.15) is 43.7 Å². The maximum atomic E-state index is 13.0. The van der Waals surface area contributed by atoms with Gasteiger partial charge in [0.25, 0.3) is 5.56 Å². The van der Waals surface area contributed by atoms with E-state index in [1.165, 1.54) is 0 Å². The van der Waals surface area contributed by atoms with Gasteiger partial charge in [0.05, 0.1) is 24.2 Å². The molecule has 1 aromatic heterocycles. The summed E-state index contributed by atoms with van der Waals surface area (Å²) in [6.45, 7) is 3.79. The molecule has 3 aromatic rings. The number of ether oxygens (including phenoxy) is 2. The van der Waals surface area contributed by atoms with Crippen LogP contribution in [-0.4, -0.2) is 66.3 Å². The zero-order valence-electron chi connectivity index (χ0n) is 21.4. The van der Waals surface area contributed by atoms with Gasteiger partial charge < -0.3 is 20.2 Å². The molecule has 0 aliphatic carbocycles. The zero-order chi connectivity index (χ0) is 25.7. The molecule has 36 heavy (non-hydrogen) atoms. The molecule has 8 heteroatoms. The number of hydrogen-bond acceptors (Lipinski definition) is 6. The van der Waals surface area contributed by atoms with Crippen molar-refractivity contribution in [3.05, 3.63) is 63.9 Å². The first-order chi connectivity index (χ1) is 17.4. The van der Waals surface area contributed by atoms with Gasteiger partial charge in [0.15, 0.2) is 0 Å². The summed E-state index contributed by atoms with van der Waals surface area (Å²) in [6.07, 6.45) is 5.18. The Hall–Kier alpha value is -3.07. The summed E-state index contributed by atoms with van der Waals surface area (Å²) in [4.78, 5) is 23.3. The van der Waals surface area contributed by atoms with Crippen LogP contribution in [0, 0.1) is 5.41 Å². The van der Waals surface area contributed by atoms with E-state index < -0.39 is 0 Å². The number of likely N-dealkylation sites (tertiary alicyclic amines) is 1. The van der Waals surface area contributed by atoms with Gasteiger partial charge in [-0.3, -0.25) is 15.1 Å². The Morgan fingerprint density at radius 1 is 1.17 bits per heavy atom. The van der Waals surface area contributed by atoms with Crippen molar-refractivity contribution in [2.45, 2.75) is 57.2 Å². The number of hydrogen-bond donors (Lipinski definition) is 3. The van der Waals surface area contributed by atoms with Crippen LogP contribution in [0.15, 0.2) is 47.3 Å². The highest BCUT2D eigenvalue weighted by atomic mass is 16.5. The first-order valence-corrected chi connectivity index (χ1v) is 12.6. The molecule has 0 saturated carbocycles. The summed E-state index contributed by atoms with van der Waals surface area (Å²) in [6, 6.07) is 14.3. The number of nitrogens with one attached hydrogen (secondary N) is 2. The number of nitrogens with zero attached hydrogens (tertiary/aromatic N) is 2. The second-order valence-corrected chi connectivity index (χ2v) is 9.70. The van der Waals surface area contributed by atoms with Crippen molar-refractivity contribution in [3.8, 4) is 11.3 Å². The van der Waals surface area contributed by atoms with Crippen LogP contribution in [0.25, 0.3) is 22.3 Å². The van der Waals surface area contributed by atoms with Gasteiger partial charge in [-0.25, -0.2) is 4.98 Å². The molecule has 0 bridgehead atoms. The summed E-state index contributed by atoms with van der Waals surface area (Å²) >= 11 is 0. The monoisotopic (exact) mass is 491 g/mol. The summed E-state index contributed by atoms with van der Waals surface area (Å²) in [7, 11) is 3.54. The fourth-order valence-corrected chi connectivity index (χ4v) is 5.57. The predicted molar refractivity (Wildman–Crippen MR) is 144 cm³/mol. The van der Waals surface area contributed by atoms with Crippen molar-refractivity contribution in [1.82, 2.24) is 14.9 Å². The third-order valence-corrected chi connectivity index (χ3v) is 7.23. The number of H-pyrrole nitrogens is 1. The second kappa shape index (κ2) is 11.8. The lowest BCUT2D eigenvalue weighted by Crippen LogP contribution is -2.46. The standard InChI is InChI=1S/C28H37N5O3/c1-18(33-22(16-35-2)13-14-23(33)17-36-3)7-4-8-19-9-6-12-24-25(19)32-28(34)26(31-24)20-10-5-11-21(15-20)27(29)30/h5-6,9-12,15,18,22-23H,4,7-8,13-14,16-17H2,1-3H3,(H3,29,30)(H,32,34). The second-order valence-electron chi connectivity index (χ2n) is 9.70. The third-order valence-electron chi connectivity index (χ3n) is 7.23. The Balaban J connectivity index is 1.50. The number of fused-ring (bicyclic) bond motifs is 1. The van der Waals surface area contributed by atoms with Crippen molar-refractivity contribution < 1.29 is 9.47 Å². The van der Waals surface area contributed by atoms with E-state index in [4.69, 9.17) is 20.6 Å². The number of aryl methyl sites for hydroxylation is 1. The minimum atomic E-state index is -0.245. The highest BCUT2D eigenvalue weighted by molar-refractivity contribution is 5.96. The van der Waals surface area contributed by atoms with Gasteiger partial charge in [-0.05, 0) is 56.7 Å². The summed E-state index contributed by atoms with van der Waals surface area (Å²) < 4.78 is 11.0. The molecular formula is C28H37N5O3. The number of benzene rings is 2. The Kier molecular flexibility index (Phi) is 8.51. The molecule has 3 atom stereocenters. The molecule has 4 N–H and O–H groups in total. The van der Waals surface area contributed by atoms with Gasteiger partial charge >= 0.3 is 0 Å². The first-order valence-electron chi connectivity index (χ1n) is 12.6. The average molecular weight is 492 g/mol. The molecule has 0 radical (unpaired) electrons. The molecule has 1 saturated heterocycles. The fourth-order valence-electron chi connectivity index (χ4n) is 5.57. The molecule has 1 aliphatic heterocycles. The van der Waals surface area contributed by atoms with Crippen molar-refractivity contribution in [2.75, 3.05) is 27.4 Å². The minimum absolute atomic E-state index is 0.0402. The van der Waals surface area contributed by atoms with Gasteiger partial charge in [-0.1, -0.05) is 30.3 Å². The molecule has 0 spiro atoms. The number of rotatable bonds is 11. The van der Waals surface area contributed by atoms with Gasteiger partial charge in [-0.2, -0.15) is 0 Å². The van der Waals surface area contributed by atoms with Crippen LogP contribution in [0.3, 0.4) is 0 Å². The molecule has 1 fully saturated rings. The van der Waals surface area contributed by atoms with Crippen LogP contribution in [-0.2, 0) is 15.9 Å². The Labute approximate surface area is 212 Å². The quantitative estimate of drug-likeness (QED) is 0.278. The number of methoxy groups -OCH3 is 2. The molecule has 192 valence electrons. The third kappa shape index (κ3) is 5.67. The molecule has 3 unspecified atom stereocenters. The number of aromatic amines is 1. The predicted octanol–water partition coefficient (Wildman–Crippen LogP) is 3.71. The highest BCUT2D eigenvalue weighted by Crippen LogP contribution is 2.29. The number of amidine groups is 1. The van der Waals surface area contributed by atoms with Crippen LogP contribution < -0.4 is 11.3 Å². The summed E-state index contributed by atoms with van der Waals surface area (Å²) in [5.41, 5.74) is 9.56. The van der Waals surface area contributed by atoms with E-state index in [1.807, 2.05) is 18.2 Å². The lowest BCUT2D eigenvalue weighted by molar-refractivity contribution is 0.0360. The van der Waals surface area contributed by atoms with Crippen molar-refractivity contribution in [2.24, 2.45) is 5.73 Å². The van der Waals surface area contributed by atoms with E-state index in [0.29, 0.717) is 34.9 Å². The molecule has 2 aromatic carbocycles. The molecule has 0 amide bonds. The Morgan fingerprint density at radius 2 is 1.86 bits per heavy atom. The van der Waals surface area contributed by atoms with E-state index in [0.717, 1.165) is 61.9 Å². The summed E-state index contributed by atoms with van der Waals surface area (Å²) in [5, 5.41) is 7.68. The molecule has 1 aliphatic rings. The maximum Gasteiger partial charge on any atom is 0.274 e. The fraction of sp³-hybridized carbons (Fsp3) is 0.464. The van der Waals surface area contributed by atoms with Gasteiger partial charge in [0, 0.05) is 43.5 Å². The van der Waals surface area contributed by atoms with Crippen LogP contribution in [0.2, 0.25) is 0 Å². The van der Waals surface area contributed by atoms with E-state index >= 15 is 0 Å². The number of nitrogens with two attached hydrogens (primary N) is 1. The van der Waals surface area contributed by atoms with Crippen molar-refractivity contribution >= 4 is 16.9 Å². The molecular weight excluding hydrogens is 454 g/mol. The van der Waals surface area contributed by atoms with Crippen molar-refractivity contribution in [1.29, 1.82) is 5.41 Å². The van der Waals surface area contributed by atoms with E-state index in [2.05, 4.69) is 27.9 Å². The number of nitrogen functional groups attached to an aromatic ring is 1. The zero-order valence-corrected chi connectivity index (χ0v) is 21.4. The molecule has 8 nitrogen and oxygen atoms in total. The van der Waals surface area contributed by atoms with E-state index in [1.54, 1.807) is 32.4 Å². The van der Waals surface area contributed by atoms with E-state index in [-0.39, 0.29) is 11.4 Å². The van der Waals surface area contributed by atoms with Gasteiger partial charge in [0.2, 0.25) is 0 Å². The smallest absolute Gasteiger partial charge is 0.274 e. The number of aromatic nitrogens is 2. The molecule has 2 heterocycles. The normalized spacial score (nSPS) is 19.1. The minimum Gasteiger partial charge on any atom is -0.384 e.